The summed E-state index contributed by atoms with van der Waals surface area (Å²) in [6, 6.07) is 5.17. The van der Waals surface area contributed by atoms with Crippen molar-refractivity contribution < 1.29 is 14.3 Å². The summed E-state index contributed by atoms with van der Waals surface area (Å²) < 4.78 is 10.9. The van der Waals surface area contributed by atoms with Gasteiger partial charge in [-0.05, 0) is 37.5 Å². The Morgan fingerprint density at radius 3 is 3.00 bits per heavy atom. The van der Waals surface area contributed by atoms with Crippen molar-refractivity contribution in [1.82, 2.24) is 4.90 Å². The summed E-state index contributed by atoms with van der Waals surface area (Å²) in [5, 5.41) is 0. The first-order valence-electron chi connectivity index (χ1n) is 7.50. The first-order valence-corrected chi connectivity index (χ1v) is 7.50. The SMILES string of the molecule is CCCOC1CCCN(C(=O)c2cc(OC)ccc2N)C1. The van der Waals surface area contributed by atoms with E-state index in [9.17, 15) is 4.79 Å². The van der Waals surface area contributed by atoms with Gasteiger partial charge in [0.15, 0.2) is 0 Å². The first kappa shape index (κ1) is 15.6. The molecule has 1 aromatic carbocycles. The lowest BCUT2D eigenvalue weighted by molar-refractivity contribution is 0.00214. The molecule has 1 fully saturated rings. The lowest BCUT2D eigenvalue weighted by Gasteiger charge is -2.33. The molecule has 0 spiro atoms. The van der Waals surface area contributed by atoms with Gasteiger partial charge in [0.1, 0.15) is 5.75 Å². The number of ether oxygens (including phenoxy) is 2. The number of nitrogens with two attached hydrogens (primary N) is 1. The van der Waals surface area contributed by atoms with Gasteiger partial charge in [0.25, 0.3) is 5.91 Å². The molecule has 1 unspecified atom stereocenters. The number of carbonyl (C=O) groups is 1. The number of anilines is 1. The van der Waals surface area contributed by atoms with Crippen molar-refractivity contribution in [1.29, 1.82) is 0 Å². The number of likely N-dealkylation sites (tertiary alicyclic amines) is 1. The van der Waals surface area contributed by atoms with E-state index < -0.39 is 0 Å². The number of nitrogen functional groups attached to an aromatic ring is 1. The van der Waals surface area contributed by atoms with E-state index in [4.69, 9.17) is 15.2 Å². The predicted molar refractivity (Wildman–Crippen MR) is 82.6 cm³/mol. The average Bonchev–Trinajstić information content (AvgIpc) is 2.53. The Morgan fingerprint density at radius 2 is 2.29 bits per heavy atom. The van der Waals surface area contributed by atoms with E-state index in [-0.39, 0.29) is 12.0 Å². The molecule has 116 valence electrons. The van der Waals surface area contributed by atoms with Gasteiger partial charge in [-0.25, -0.2) is 0 Å². The van der Waals surface area contributed by atoms with Crippen molar-refractivity contribution in [2.45, 2.75) is 32.3 Å². The number of hydrogen-bond donors (Lipinski definition) is 1. The van der Waals surface area contributed by atoms with E-state index in [0.29, 0.717) is 23.5 Å². The van der Waals surface area contributed by atoms with Gasteiger partial charge in [-0.2, -0.15) is 0 Å². The Labute approximate surface area is 126 Å². The normalized spacial score (nSPS) is 18.6. The molecule has 1 aliphatic rings. The summed E-state index contributed by atoms with van der Waals surface area (Å²) in [7, 11) is 1.58. The van der Waals surface area contributed by atoms with E-state index in [1.807, 2.05) is 4.90 Å². The fourth-order valence-corrected chi connectivity index (χ4v) is 2.56. The van der Waals surface area contributed by atoms with E-state index in [0.717, 1.165) is 32.4 Å². The fraction of sp³-hybridized carbons (Fsp3) is 0.562. The summed E-state index contributed by atoms with van der Waals surface area (Å²) in [5.74, 6) is 0.597. The maximum atomic E-state index is 12.6. The maximum Gasteiger partial charge on any atom is 0.256 e. The summed E-state index contributed by atoms with van der Waals surface area (Å²) in [5.41, 5.74) is 6.92. The molecule has 5 heteroatoms. The molecular formula is C16H24N2O3. The highest BCUT2D eigenvalue weighted by Gasteiger charge is 2.26. The number of benzene rings is 1. The van der Waals surface area contributed by atoms with Gasteiger partial charge in [-0.3, -0.25) is 4.79 Å². The maximum absolute atomic E-state index is 12.6. The Morgan fingerprint density at radius 1 is 1.48 bits per heavy atom. The zero-order valence-corrected chi connectivity index (χ0v) is 12.8. The highest BCUT2D eigenvalue weighted by molar-refractivity contribution is 5.99. The predicted octanol–water partition coefficient (Wildman–Crippen LogP) is 2.31. The molecule has 0 aromatic heterocycles. The molecule has 1 aromatic rings. The second kappa shape index (κ2) is 7.31. The lowest BCUT2D eigenvalue weighted by atomic mass is 10.1. The molecule has 0 saturated carbocycles. The number of carbonyl (C=O) groups excluding carboxylic acids is 1. The van der Waals surface area contributed by atoms with E-state index >= 15 is 0 Å². The molecule has 1 aliphatic heterocycles. The van der Waals surface area contributed by atoms with Crippen molar-refractivity contribution >= 4 is 11.6 Å². The number of piperidine rings is 1. The van der Waals surface area contributed by atoms with Crippen LogP contribution in [0.1, 0.15) is 36.5 Å². The van der Waals surface area contributed by atoms with Crippen LogP contribution in [0.3, 0.4) is 0 Å². The van der Waals surface area contributed by atoms with Gasteiger partial charge >= 0.3 is 0 Å². The Bertz CT molecular complexity index is 490. The van der Waals surface area contributed by atoms with E-state index in [1.165, 1.54) is 0 Å². The van der Waals surface area contributed by atoms with Crippen LogP contribution in [0.25, 0.3) is 0 Å². The van der Waals surface area contributed by atoms with Crippen LogP contribution in [0.15, 0.2) is 18.2 Å². The zero-order valence-electron chi connectivity index (χ0n) is 12.8. The van der Waals surface area contributed by atoms with Crippen molar-refractivity contribution in [3.63, 3.8) is 0 Å². The molecule has 21 heavy (non-hydrogen) atoms. The number of methoxy groups -OCH3 is 1. The summed E-state index contributed by atoms with van der Waals surface area (Å²) in [6.45, 7) is 4.22. The van der Waals surface area contributed by atoms with Crippen molar-refractivity contribution in [2.24, 2.45) is 0 Å². The second-order valence-corrected chi connectivity index (χ2v) is 5.34. The largest absolute Gasteiger partial charge is 0.497 e. The van der Waals surface area contributed by atoms with Gasteiger partial charge in [0.05, 0.1) is 18.8 Å². The van der Waals surface area contributed by atoms with Crippen LogP contribution in [-0.4, -0.2) is 43.7 Å². The van der Waals surface area contributed by atoms with Gasteiger partial charge < -0.3 is 20.1 Å². The third-order valence-electron chi connectivity index (χ3n) is 3.71. The van der Waals surface area contributed by atoms with Crippen molar-refractivity contribution in [3.8, 4) is 5.75 Å². The molecule has 1 amide bonds. The molecule has 1 heterocycles. The lowest BCUT2D eigenvalue weighted by Crippen LogP contribution is -2.43. The molecule has 1 saturated heterocycles. The monoisotopic (exact) mass is 292 g/mol. The number of amides is 1. The number of hydrogen-bond acceptors (Lipinski definition) is 4. The zero-order chi connectivity index (χ0) is 15.2. The van der Waals surface area contributed by atoms with Gasteiger partial charge in [0.2, 0.25) is 0 Å². The van der Waals surface area contributed by atoms with Gasteiger partial charge in [-0.15, -0.1) is 0 Å². The quantitative estimate of drug-likeness (QED) is 0.846. The molecule has 0 aliphatic carbocycles. The third kappa shape index (κ3) is 3.88. The summed E-state index contributed by atoms with van der Waals surface area (Å²) in [4.78, 5) is 14.5. The third-order valence-corrected chi connectivity index (χ3v) is 3.71. The summed E-state index contributed by atoms with van der Waals surface area (Å²) in [6.07, 6.45) is 3.10. The first-order chi connectivity index (χ1) is 10.2. The van der Waals surface area contributed by atoms with Crippen molar-refractivity contribution in [2.75, 3.05) is 32.5 Å². The number of nitrogens with zero attached hydrogens (tertiary/aromatic N) is 1. The van der Waals surface area contributed by atoms with E-state index in [2.05, 4.69) is 6.92 Å². The number of rotatable bonds is 5. The highest BCUT2D eigenvalue weighted by Crippen LogP contribution is 2.23. The van der Waals surface area contributed by atoms with Crippen LogP contribution in [0.4, 0.5) is 5.69 Å². The van der Waals surface area contributed by atoms with E-state index in [1.54, 1.807) is 25.3 Å². The molecule has 2 N–H and O–H groups in total. The Balaban J connectivity index is 2.08. The Hall–Kier alpha value is -1.75. The van der Waals surface area contributed by atoms with Crippen LogP contribution in [0.2, 0.25) is 0 Å². The Kier molecular flexibility index (Phi) is 5.44. The molecular weight excluding hydrogens is 268 g/mol. The molecule has 2 rings (SSSR count). The van der Waals surface area contributed by atoms with Gasteiger partial charge in [-0.1, -0.05) is 6.92 Å². The smallest absolute Gasteiger partial charge is 0.256 e. The van der Waals surface area contributed by atoms with Crippen LogP contribution >= 0.6 is 0 Å². The minimum atomic E-state index is -0.0452. The molecule has 1 atom stereocenters. The second-order valence-electron chi connectivity index (χ2n) is 5.34. The minimum Gasteiger partial charge on any atom is -0.497 e. The minimum absolute atomic E-state index is 0.0452. The highest BCUT2D eigenvalue weighted by atomic mass is 16.5. The van der Waals surface area contributed by atoms with Crippen LogP contribution in [0, 0.1) is 0 Å². The molecule has 5 nitrogen and oxygen atoms in total. The van der Waals surface area contributed by atoms with Crippen LogP contribution in [0.5, 0.6) is 5.75 Å². The van der Waals surface area contributed by atoms with Crippen molar-refractivity contribution in [3.05, 3.63) is 23.8 Å². The topological polar surface area (TPSA) is 64.8 Å². The van der Waals surface area contributed by atoms with Crippen LogP contribution < -0.4 is 10.5 Å². The van der Waals surface area contributed by atoms with Crippen LogP contribution in [-0.2, 0) is 4.74 Å². The summed E-state index contributed by atoms with van der Waals surface area (Å²) >= 11 is 0. The standard InChI is InChI=1S/C16H24N2O3/c1-3-9-21-13-5-4-8-18(11-13)16(19)14-10-12(20-2)6-7-15(14)17/h6-7,10,13H,3-5,8-9,11,17H2,1-2H3. The molecule has 0 radical (unpaired) electrons. The fourth-order valence-electron chi connectivity index (χ4n) is 2.56. The van der Waals surface area contributed by atoms with Gasteiger partial charge in [0, 0.05) is 25.4 Å². The molecule has 0 bridgehead atoms. The average molecular weight is 292 g/mol.